The first-order chi connectivity index (χ1) is 7.03. The van der Waals surface area contributed by atoms with E-state index in [1.54, 1.807) is 0 Å². The summed E-state index contributed by atoms with van der Waals surface area (Å²) in [6, 6.07) is 0.311. The van der Waals surface area contributed by atoms with E-state index in [2.05, 4.69) is 26.1 Å². The summed E-state index contributed by atoms with van der Waals surface area (Å²) in [5, 5.41) is 3.58. The molecule has 1 fully saturated rings. The van der Waals surface area contributed by atoms with E-state index in [1.165, 1.54) is 12.8 Å². The molecule has 1 saturated heterocycles. The van der Waals surface area contributed by atoms with Crippen LogP contribution in [0.25, 0.3) is 0 Å². The van der Waals surface area contributed by atoms with Gasteiger partial charge in [-0.3, -0.25) is 0 Å². The molecule has 0 aromatic heterocycles. The minimum absolute atomic E-state index is 0.176. The lowest BCUT2D eigenvalue weighted by molar-refractivity contribution is 0.0283. The van der Waals surface area contributed by atoms with E-state index in [9.17, 15) is 0 Å². The molecule has 0 aliphatic carbocycles. The summed E-state index contributed by atoms with van der Waals surface area (Å²) in [5.74, 6) is 0.571. The number of hydrogen-bond acceptors (Lipinski definition) is 3. The van der Waals surface area contributed by atoms with Gasteiger partial charge in [-0.1, -0.05) is 13.8 Å². The Morgan fingerprint density at radius 3 is 2.73 bits per heavy atom. The van der Waals surface area contributed by atoms with E-state index in [-0.39, 0.29) is 5.54 Å². The van der Waals surface area contributed by atoms with Crippen LogP contribution < -0.4 is 11.1 Å². The number of nitrogens with one attached hydrogen (secondary N) is 1. The van der Waals surface area contributed by atoms with E-state index in [4.69, 9.17) is 10.5 Å². The van der Waals surface area contributed by atoms with Crippen molar-refractivity contribution in [3.63, 3.8) is 0 Å². The Balaban J connectivity index is 2.18. The molecule has 0 amide bonds. The van der Waals surface area contributed by atoms with Crippen LogP contribution in [0.2, 0.25) is 0 Å². The largest absolute Gasteiger partial charge is 0.380 e. The number of nitrogens with two attached hydrogens (primary N) is 1. The maximum absolute atomic E-state index is 6.00. The third-order valence-electron chi connectivity index (χ3n) is 3.32. The van der Waals surface area contributed by atoms with Crippen LogP contribution in [-0.4, -0.2) is 31.3 Å². The van der Waals surface area contributed by atoms with Gasteiger partial charge in [0.05, 0.1) is 6.61 Å². The van der Waals surface area contributed by atoms with Crippen LogP contribution in [0.5, 0.6) is 0 Å². The quantitative estimate of drug-likeness (QED) is 0.729. The molecule has 0 saturated carbocycles. The highest BCUT2D eigenvalue weighted by molar-refractivity contribution is 4.85. The highest BCUT2D eigenvalue weighted by atomic mass is 16.5. The second kappa shape index (κ2) is 5.83. The fourth-order valence-electron chi connectivity index (χ4n) is 1.95. The van der Waals surface area contributed by atoms with Gasteiger partial charge < -0.3 is 15.8 Å². The third-order valence-corrected chi connectivity index (χ3v) is 3.32. The van der Waals surface area contributed by atoms with Crippen LogP contribution in [0.3, 0.4) is 0 Å². The SMILES string of the molecule is CC(C)C(N)CCNC1(C)CCCOC1. The molecule has 3 N–H and O–H groups in total. The lowest BCUT2D eigenvalue weighted by Gasteiger charge is -2.35. The molecule has 0 bridgehead atoms. The van der Waals surface area contributed by atoms with Crippen molar-refractivity contribution in [3.8, 4) is 0 Å². The molecular formula is C12H26N2O. The normalized spacial score (nSPS) is 29.4. The number of hydrogen-bond donors (Lipinski definition) is 2. The standard InChI is InChI=1S/C12H26N2O/c1-10(2)11(13)5-7-14-12(3)6-4-8-15-9-12/h10-11,14H,4-9,13H2,1-3H3. The molecule has 3 heteroatoms. The van der Waals surface area contributed by atoms with Crippen molar-refractivity contribution >= 4 is 0 Å². The zero-order valence-corrected chi connectivity index (χ0v) is 10.4. The Bertz CT molecular complexity index is 176. The molecule has 1 aliphatic heterocycles. The molecule has 2 unspecified atom stereocenters. The average Bonchev–Trinajstić information content (AvgIpc) is 2.18. The number of rotatable bonds is 5. The first kappa shape index (κ1) is 12.9. The van der Waals surface area contributed by atoms with Gasteiger partial charge in [-0.15, -0.1) is 0 Å². The molecule has 1 rings (SSSR count). The Labute approximate surface area is 93.8 Å². The summed E-state index contributed by atoms with van der Waals surface area (Å²) in [6.07, 6.45) is 3.43. The zero-order chi connectivity index (χ0) is 11.3. The van der Waals surface area contributed by atoms with Crippen LogP contribution in [0.1, 0.15) is 40.0 Å². The minimum atomic E-state index is 0.176. The summed E-state index contributed by atoms with van der Waals surface area (Å²) in [4.78, 5) is 0. The van der Waals surface area contributed by atoms with Crippen LogP contribution in [0.15, 0.2) is 0 Å². The van der Waals surface area contributed by atoms with Crippen molar-refractivity contribution in [1.29, 1.82) is 0 Å². The molecule has 15 heavy (non-hydrogen) atoms. The Morgan fingerprint density at radius 2 is 2.20 bits per heavy atom. The lowest BCUT2D eigenvalue weighted by atomic mass is 9.94. The molecule has 0 spiro atoms. The molecular weight excluding hydrogens is 188 g/mol. The fraction of sp³-hybridized carbons (Fsp3) is 1.00. The van der Waals surface area contributed by atoms with Crippen LogP contribution in [-0.2, 0) is 4.74 Å². The van der Waals surface area contributed by atoms with Crippen molar-refractivity contribution in [2.45, 2.75) is 51.6 Å². The van der Waals surface area contributed by atoms with Gasteiger partial charge in [0.25, 0.3) is 0 Å². The van der Waals surface area contributed by atoms with Crippen molar-refractivity contribution in [2.75, 3.05) is 19.8 Å². The van der Waals surface area contributed by atoms with Crippen LogP contribution >= 0.6 is 0 Å². The maximum Gasteiger partial charge on any atom is 0.0645 e. The molecule has 3 nitrogen and oxygen atoms in total. The summed E-state index contributed by atoms with van der Waals surface area (Å²) in [5.41, 5.74) is 6.18. The summed E-state index contributed by atoms with van der Waals surface area (Å²) >= 11 is 0. The van der Waals surface area contributed by atoms with Gasteiger partial charge in [0.2, 0.25) is 0 Å². The molecule has 0 radical (unpaired) electrons. The van der Waals surface area contributed by atoms with Gasteiger partial charge >= 0.3 is 0 Å². The van der Waals surface area contributed by atoms with E-state index in [1.807, 2.05) is 0 Å². The lowest BCUT2D eigenvalue weighted by Crippen LogP contribution is -2.50. The highest BCUT2D eigenvalue weighted by Crippen LogP contribution is 2.18. The Morgan fingerprint density at radius 1 is 1.47 bits per heavy atom. The van der Waals surface area contributed by atoms with E-state index >= 15 is 0 Å². The minimum Gasteiger partial charge on any atom is -0.380 e. The van der Waals surface area contributed by atoms with Crippen molar-refractivity contribution in [2.24, 2.45) is 11.7 Å². The van der Waals surface area contributed by atoms with Crippen molar-refractivity contribution < 1.29 is 4.74 Å². The van der Waals surface area contributed by atoms with E-state index in [0.717, 1.165) is 26.2 Å². The maximum atomic E-state index is 6.00. The summed E-state index contributed by atoms with van der Waals surface area (Å²) in [6.45, 7) is 9.35. The molecule has 0 aromatic rings. The van der Waals surface area contributed by atoms with E-state index in [0.29, 0.717) is 12.0 Å². The molecule has 1 aliphatic rings. The van der Waals surface area contributed by atoms with Crippen molar-refractivity contribution in [3.05, 3.63) is 0 Å². The first-order valence-corrected chi connectivity index (χ1v) is 6.12. The van der Waals surface area contributed by atoms with Crippen LogP contribution in [0, 0.1) is 5.92 Å². The van der Waals surface area contributed by atoms with E-state index < -0.39 is 0 Å². The Kier molecular flexibility index (Phi) is 5.03. The smallest absolute Gasteiger partial charge is 0.0645 e. The Hall–Kier alpha value is -0.120. The zero-order valence-electron chi connectivity index (χ0n) is 10.4. The molecule has 1 heterocycles. The molecule has 0 aromatic carbocycles. The fourth-order valence-corrected chi connectivity index (χ4v) is 1.95. The summed E-state index contributed by atoms with van der Waals surface area (Å²) < 4.78 is 5.50. The van der Waals surface area contributed by atoms with Gasteiger partial charge in [0.15, 0.2) is 0 Å². The molecule has 2 atom stereocenters. The van der Waals surface area contributed by atoms with Crippen LogP contribution in [0.4, 0.5) is 0 Å². The van der Waals surface area contributed by atoms with Gasteiger partial charge in [-0.2, -0.15) is 0 Å². The predicted octanol–water partition coefficient (Wildman–Crippen LogP) is 1.52. The predicted molar refractivity (Wildman–Crippen MR) is 63.9 cm³/mol. The third kappa shape index (κ3) is 4.49. The van der Waals surface area contributed by atoms with Gasteiger partial charge in [-0.05, 0) is 38.6 Å². The second-order valence-electron chi connectivity index (χ2n) is 5.34. The van der Waals surface area contributed by atoms with Crippen molar-refractivity contribution in [1.82, 2.24) is 5.32 Å². The highest BCUT2D eigenvalue weighted by Gasteiger charge is 2.26. The average molecular weight is 214 g/mol. The van der Waals surface area contributed by atoms with Gasteiger partial charge in [-0.25, -0.2) is 0 Å². The topological polar surface area (TPSA) is 47.3 Å². The monoisotopic (exact) mass is 214 g/mol. The number of ether oxygens (including phenoxy) is 1. The van der Waals surface area contributed by atoms with Gasteiger partial charge in [0, 0.05) is 18.2 Å². The first-order valence-electron chi connectivity index (χ1n) is 6.12. The second-order valence-corrected chi connectivity index (χ2v) is 5.34. The molecule has 90 valence electrons. The van der Waals surface area contributed by atoms with Gasteiger partial charge in [0.1, 0.15) is 0 Å². The summed E-state index contributed by atoms with van der Waals surface area (Å²) in [7, 11) is 0.